The van der Waals surface area contributed by atoms with E-state index >= 15 is 0 Å². The summed E-state index contributed by atoms with van der Waals surface area (Å²) in [7, 11) is 0. The lowest BCUT2D eigenvalue weighted by molar-refractivity contribution is 0.913. The van der Waals surface area contributed by atoms with E-state index in [1.807, 2.05) is 6.07 Å². The molecule has 2 rings (SSSR count). The van der Waals surface area contributed by atoms with Gasteiger partial charge in [-0.2, -0.15) is 0 Å². The molecule has 2 aromatic rings. The molecule has 6 heteroatoms. The molecule has 3 nitrogen and oxygen atoms in total. The normalized spacial score (nSPS) is 10.7. The Morgan fingerprint density at radius 3 is 2.94 bits per heavy atom. The van der Waals surface area contributed by atoms with E-state index in [-0.39, 0.29) is 0 Å². The van der Waals surface area contributed by atoms with E-state index in [1.54, 1.807) is 11.3 Å². The lowest BCUT2D eigenvalue weighted by atomic mass is 10.2. The van der Waals surface area contributed by atoms with Crippen molar-refractivity contribution in [2.45, 2.75) is 6.42 Å². The fraction of sp³-hybridized carbons (Fsp3) is 0.200. The van der Waals surface area contributed by atoms with Crippen LogP contribution < -0.4 is 5.73 Å². The molecule has 1 aromatic carbocycles. The van der Waals surface area contributed by atoms with Crippen molar-refractivity contribution in [3.05, 3.63) is 31.2 Å². The van der Waals surface area contributed by atoms with Gasteiger partial charge in [0.1, 0.15) is 10.0 Å². The van der Waals surface area contributed by atoms with Gasteiger partial charge in [0.15, 0.2) is 0 Å². The molecule has 84 valence electrons. The van der Waals surface area contributed by atoms with Gasteiger partial charge in [-0.15, -0.1) is 10.2 Å². The van der Waals surface area contributed by atoms with Crippen molar-refractivity contribution < 1.29 is 0 Å². The highest BCUT2D eigenvalue weighted by molar-refractivity contribution is 14.1. The van der Waals surface area contributed by atoms with Gasteiger partial charge in [-0.05, 0) is 47.3 Å². The largest absolute Gasteiger partial charge is 0.330 e. The molecular formula is C10H9BrIN3S. The van der Waals surface area contributed by atoms with Crippen LogP contribution in [0.5, 0.6) is 0 Å². The number of aromatic nitrogens is 2. The van der Waals surface area contributed by atoms with E-state index in [0.717, 1.165) is 26.5 Å². The predicted octanol–water partition coefficient (Wildman–Crippen LogP) is 3.07. The number of hydrogen-bond acceptors (Lipinski definition) is 4. The van der Waals surface area contributed by atoms with Crippen LogP contribution in [-0.4, -0.2) is 16.7 Å². The van der Waals surface area contributed by atoms with Crippen LogP contribution in [0.1, 0.15) is 5.01 Å². The third-order valence-electron chi connectivity index (χ3n) is 1.98. The van der Waals surface area contributed by atoms with Gasteiger partial charge in [0.25, 0.3) is 0 Å². The molecule has 1 aromatic heterocycles. The van der Waals surface area contributed by atoms with Crippen molar-refractivity contribution in [1.82, 2.24) is 10.2 Å². The van der Waals surface area contributed by atoms with Gasteiger partial charge in [-0.25, -0.2) is 0 Å². The standard InChI is InChI=1S/C10H9BrIN3S/c11-8-2-1-6(12)5-7(8)10-15-14-9(16-10)3-4-13/h1-2,5H,3-4,13H2. The maximum atomic E-state index is 5.49. The molecule has 2 N–H and O–H groups in total. The lowest BCUT2D eigenvalue weighted by Crippen LogP contribution is -2.01. The minimum absolute atomic E-state index is 0.613. The second-order valence-corrected chi connectivity index (χ2v) is 6.33. The summed E-state index contributed by atoms with van der Waals surface area (Å²) in [6.07, 6.45) is 0.791. The van der Waals surface area contributed by atoms with Crippen LogP contribution in [0, 0.1) is 3.57 Å². The first-order valence-electron chi connectivity index (χ1n) is 4.68. The van der Waals surface area contributed by atoms with E-state index in [1.165, 1.54) is 3.57 Å². The Balaban J connectivity index is 2.38. The van der Waals surface area contributed by atoms with E-state index < -0.39 is 0 Å². The first-order valence-corrected chi connectivity index (χ1v) is 7.37. The maximum Gasteiger partial charge on any atom is 0.148 e. The highest BCUT2D eigenvalue weighted by Crippen LogP contribution is 2.31. The van der Waals surface area contributed by atoms with E-state index in [2.05, 4.69) is 60.9 Å². The van der Waals surface area contributed by atoms with Crippen molar-refractivity contribution in [3.8, 4) is 10.6 Å². The van der Waals surface area contributed by atoms with Crippen molar-refractivity contribution >= 4 is 49.9 Å². The molecule has 0 unspecified atom stereocenters. The fourth-order valence-electron chi connectivity index (χ4n) is 1.25. The van der Waals surface area contributed by atoms with Crippen molar-refractivity contribution in [2.24, 2.45) is 5.73 Å². The minimum atomic E-state index is 0.613. The second-order valence-electron chi connectivity index (χ2n) is 3.16. The van der Waals surface area contributed by atoms with E-state index in [4.69, 9.17) is 5.73 Å². The number of rotatable bonds is 3. The van der Waals surface area contributed by atoms with Gasteiger partial charge in [0, 0.05) is 20.0 Å². The van der Waals surface area contributed by atoms with E-state index in [0.29, 0.717) is 6.54 Å². The topological polar surface area (TPSA) is 51.8 Å². The average Bonchev–Trinajstić information content (AvgIpc) is 2.71. The SMILES string of the molecule is NCCc1nnc(-c2cc(I)ccc2Br)s1. The Morgan fingerprint density at radius 2 is 2.19 bits per heavy atom. The Kier molecular flexibility index (Phi) is 4.28. The summed E-state index contributed by atoms with van der Waals surface area (Å²) in [5.74, 6) is 0. The van der Waals surface area contributed by atoms with Crippen LogP contribution in [0.2, 0.25) is 0 Å². The summed E-state index contributed by atoms with van der Waals surface area (Å²) in [6, 6.07) is 6.18. The van der Waals surface area contributed by atoms with Crippen LogP contribution in [0.4, 0.5) is 0 Å². The first-order chi connectivity index (χ1) is 7.70. The third kappa shape index (κ3) is 2.79. The smallest absolute Gasteiger partial charge is 0.148 e. The summed E-state index contributed by atoms with van der Waals surface area (Å²) >= 11 is 7.41. The molecule has 0 aliphatic rings. The zero-order valence-electron chi connectivity index (χ0n) is 8.28. The highest BCUT2D eigenvalue weighted by atomic mass is 127. The second kappa shape index (κ2) is 5.52. The summed E-state index contributed by atoms with van der Waals surface area (Å²) in [4.78, 5) is 0. The van der Waals surface area contributed by atoms with Crippen LogP contribution in [0.15, 0.2) is 22.7 Å². The quantitative estimate of drug-likeness (QED) is 0.792. The fourth-order valence-corrected chi connectivity index (χ4v) is 3.19. The number of nitrogens with zero attached hydrogens (tertiary/aromatic N) is 2. The average molecular weight is 410 g/mol. The number of halogens is 2. The summed E-state index contributed by atoms with van der Waals surface area (Å²) in [5.41, 5.74) is 6.58. The lowest BCUT2D eigenvalue weighted by Gasteiger charge is -1.99. The van der Waals surface area contributed by atoms with Gasteiger partial charge >= 0.3 is 0 Å². The Labute approximate surface area is 120 Å². The molecule has 16 heavy (non-hydrogen) atoms. The molecule has 1 heterocycles. The van der Waals surface area contributed by atoms with Gasteiger partial charge < -0.3 is 5.73 Å². The van der Waals surface area contributed by atoms with Gasteiger partial charge in [0.2, 0.25) is 0 Å². The Morgan fingerprint density at radius 1 is 1.38 bits per heavy atom. The molecule has 0 radical (unpaired) electrons. The van der Waals surface area contributed by atoms with Gasteiger partial charge in [0.05, 0.1) is 0 Å². The molecule has 0 saturated carbocycles. The molecule has 0 fully saturated rings. The number of benzene rings is 1. The molecule has 0 amide bonds. The maximum absolute atomic E-state index is 5.49. The van der Waals surface area contributed by atoms with Crippen LogP contribution in [-0.2, 0) is 6.42 Å². The summed E-state index contributed by atoms with van der Waals surface area (Å²) in [6.45, 7) is 0.613. The molecule has 0 aliphatic carbocycles. The Hall–Kier alpha value is -0.0500. The van der Waals surface area contributed by atoms with Crippen LogP contribution in [0.3, 0.4) is 0 Å². The number of nitrogens with two attached hydrogens (primary N) is 1. The van der Waals surface area contributed by atoms with Crippen molar-refractivity contribution in [3.63, 3.8) is 0 Å². The van der Waals surface area contributed by atoms with Gasteiger partial charge in [-0.1, -0.05) is 27.3 Å². The van der Waals surface area contributed by atoms with Crippen molar-refractivity contribution in [1.29, 1.82) is 0 Å². The predicted molar refractivity (Wildman–Crippen MR) is 78.5 cm³/mol. The first kappa shape index (κ1) is 12.4. The zero-order valence-corrected chi connectivity index (χ0v) is 12.8. The minimum Gasteiger partial charge on any atom is -0.330 e. The Bertz CT molecular complexity index is 501. The van der Waals surface area contributed by atoms with Crippen molar-refractivity contribution in [2.75, 3.05) is 6.54 Å². The molecule has 0 aliphatic heterocycles. The van der Waals surface area contributed by atoms with Crippen LogP contribution in [0.25, 0.3) is 10.6 Å². The molecule has 0 atom stereocenters. The summed E-state index contributed by atoms with van der Waals surface area (Å²) < 4.78 is 2.23. The van der Waals surface area contributed by atoms with E-state index in [9.17, 15) is 0 Å². The third-order valence-corrected chi connectivity index (χ3v) is 4.36. The molecule has 0 saturated heterocycles. The molecule has 0 spiro atoms. The van der Waals surface area contributed by atoms with Crippen LogP contribution >= 0.6 is 49.9 Å². The molecular weight excluding hydrogens is 401 g/mol. The summed E-state index contributed by atoms with van der Waals surface area (Å²) in [5, 5.41) is 10.2. The number of hydrogen-bond donors (Lipinski definition) is 1. The zero-order chi connectivity index (χ0) is 11.5. The van der Waals surface area contributed by atoms with Gasteiger partial charge in [-0.3, -0.25) is 0 Å². The highest BCUT2D eigenvalue weighted by Gasteiger charge is 2.09. The monoisotopic (exact) mass is 409 g/mol. The molecule has 0 bridgehead atoms.